The fraction of sp³-hybridized carbons (Fsp3) is 0.800. The number of rotatable bonds is 5. The Balaban J connectivity index is 2.22. The van der Waals surface area contributed by atoms with E-state index in [2.05, 4.69) is 29.4 Å². The molecule has 0 atom stereocenters. The van der Waals surface area contributed by atoms with Crippen molar-refractivity contribution < 1.29 is 4.74 Å². The van der Waals surface area contributed by atoms with Crippen molar-refractivity contribution in [1.82, 2.24) is 0 Å². The quantitative estimate of drug-likeness (QED) is 0.403. The molecule has 1 fully saturated rings. The Kier molecular flexibility index (Phi) is 3.78. The zero-order valence-corrected chi connectivity index (χ0v) is 9.27. The summed E-state index contributed by atoms with van der Waals surface area (Å²) in [6, 6.07) is 0. The van der Waals surface area contributed by atoms with Crippen LogP contribution in [-0.2, 0) is 4.74 Å². The second kappa shape index (κ2) is 4.43. The van der Waals surface area contributed by atoms with E-state index in [1.54, 1.807) is 0 Å². The standard InChI is InChI=1S/C10H17BrO/c1-3-4-12-8-10(7-11)5-9(2)6-10/h3,9H,1,4-8H2,2H3. The predicted molar refractivity (Wildman–Crippen MR) is 55.6 cm³/mol. The maximum absolute atomic E-state index is 5.48. The summed E-state index contributed by atoms with van der Waals surface area (Å²) in [5, 5.41) is 1.07. The Bertz CT molecular complexity index is 150. The van der Waals surface area contributed by atoms with Crippen molar-refractivity contribution in [3.8, 4) is 0 Å². The van der Waals surface area contributed by atoms with Crippen molar-refractivity contribution in [2.24, 2.45) is 11.3 Å². The van der Waals surface area contributed by atoms with E-state index in [-0.39, 0.29) is 0 Å². The number of hydrogen-bond acceptors (Lipinski definition) is 1. The van der Waals surface area contributed by atoms with Gasteiger partial charge >= 0.3 is 0 Å². The molecule has 0 saturated heterocycles. The number of ether oxygens (including phenoxy) is 1. The highest BCUT2D eigenvalue weighted by molar-refractivity contribution is 9.09. The lowest BCUT2D eigenvalue weighted by molar-refractivity contribution is -0.00853. The fourth-order valence-corrected chi connectivity index (χ4v) is 2.66. The van der Waals surface area contributed by atoms with Crippen LogP contribution in [0.15, 0.2) is 12.7 Å². The molecule has 0 radical (unpaired) electrons. The monoisotopic (exact) mass is 232 g/mol. The summed E-state index contributed by atoms with van der Waals surface area (Å²) in [4.78, 5) is 0. The van der Waals surface area contributed by atoms with Crippen molar-refractivity contribution in [1.29, 1.82) is 0 Å². The van der Waals surface area contributed by atoms with Gasteiger partial charge in [0.2, 0.25) is 0 Å². The fourth-order valence-electron chi connectivity index (χ4n) is 2.04. The van der Waals surface area contributed by atoms with Crippen LogP contribution in [0.25, 0.3) is 0 Å². The summed E-state index contributed by atoms with van der Waals surface area (Å²) in [5.74, 6) is 0.884. The Labute approximate surface area is 83.3 Å². The second-order valence-corrected chi connectivity index (χ2v) is 4.51. The van der Waals surface area contributed by atoms with E-state index >= 15 is 0 Å². The molecule has 0 aromatic carbocycles. The minimum Gasteiger partial charge on any atom is -0.377 e. The lowest BCUT2D eigenvalue weighted by Gasteiger charge is -2.45. The first-order chi connectivity index (χ1) is 5.72. The largest absolute Gasteiger partial charge is 0.377 e. The summed E-state index contributed by atoms with van der Waals surface area (Å²) in [6.45, 7) is 7.50. The average Bonchev–Trinajstić information content (AvgIpc) is 2.01. The van der Waals surface area contributed by atoms with Crippen LogP contribution in [0.2, 0.25) is 0 Å². The topological polar surface area (TPSA) is 9.23 Å². The minimum absolute atomic E-state index is 0.433. The smallest absolute Gasteiger partial charge is 0.0645 e. The maximum atomic E-state index is 5.48. The molecule has 0 aromatic rings. The van der Waals surface area contributed by atoms with Gasteiger partial charge in [0.1, 0.15) is 0 Å². The lowest BCUT2D eigenvalue weighted by atomic mass is 9.64. The summed E-state index contributed by atoms with van der Waals surface area (Å²) in [7, 11) is 0. The van der Waals surface area contributed by atoms with Crippen LogP contribution in [-0.4, -0.2) is 18.5 Å². The molecule has 70 valence electrons. The third-order valence-electron chi connectivity index (χ3n) is 2.49. The molecule has 0 bridgehead atoms. The van der Waals surface area contributed by atoms with Crippen molar-refractivity contribution in [2.45, 2.75) is 19.8 Å². The SMILES string of the molecule is C=CCOCC1(CBr)CC(C)C1. The van der Waals surface area contributed by atoms with Crippen molar-refractivity contribution >= 4 is 15.9 Å². The highest BCUT2D eigenvalue weighted by atomic mass is 79.9. The van der Waals surface area contributed by atoms with Gasteiger partial charge in [-0.3, -0.25) is 0 Å². The Morgan fingerprint density at radius 3 is 2.75 bits per heavy atom. The minimum atomic E-state index is 0.433. The first-order valence-corrected chi connectivity index (χ1v) is 5.59. The Hall–Kier alpha value is 0.180. The van der Waals surface area contributed by atoms with Crippen molar-refractivity contribution in [3.05, 3.63) is 12.7 Å². The van der Waals surface area contributed by atoms with Crippen LogP contribution in [0, 0.1) is 11.3 Å². The number of halogens is 1. The summed E-state index contributed by atoms with van der Waals surface area (Å²) in [6.07, 6.45) is 4.41. The highest BCUT2D eigenvalue weighted by Gasteiger charge is 2.41. The van der Waals surface area contributed by atoms with Crippen LogP contribution in [0.1, 0.15) is 19.8 Å². The molecule has 0 aliphatic heterocycles. The van der Waals surface area contributed by atoms with E-state index in [9.17, 15) is 0 Å². The molecule has 1 nitrogen and oxygen atoms in total. The zero-order valence-electron chi connectivity index (χ0n) is 7.68. The first kappa shape index (κ1) is 10.3. The molecule has 0 amide bonds. The highest BCUT2D eigenvalue weighted by Crippen LogP contribution is 2.46. The van der Waals surface area contributed by atoms with Crippen molar-refractivity contribution in [3.63, 3.8) is 0 Å². The summed E-state index contributed by atoms with van der Waals surface area (Å²) in [5.41, 5.74) is 0.433. The molecule has 1 rings (SSSR count). The second-order valence-electron chi connectivity index (χ2n) is 3.95. The molecule has 0 spiro atoms. The van der Waals surface area contributed by atoms with E-state index in [0.29, 0.717) is 12.0 Å². The van der Waals surface area contributed by atoms with Gasteiger partial charge in [0.05, 0.1) is 13.2 Å². The molecule has 12 heavy (non-hydrogen) atoms. The van der Waals surface area contributed by atoms with Crippen LogP contribution < -0.4 is 0 Å². The van der Waals surface area contributed by atoms with Gasteiger partial charge in [0.15, 0.2) is 0 Å². The first-order valence-electron chi connectivity index (χ1n) is 4.47. The van der Waals surface area contributed by atoms with Gasteiger partial charge in [-0.2, -0.15) is 0 Å². The molecule has 0 aromatic heterocycles. The lowest BCUT2D eigenvalue weighted by Crippen LogP contribution is -2.41. The normalized spacial score (nSPS) is 34.3. The van der Waals surface area contributed by atoms with Gasteiger partial charge in [-0.05, 0) is 18.8 Å². The van der Waals surface area contributed by atoms with E-state index < -0.39 is 0 Å². The molecular formula is C10H17BrO. The van der Waals surface area contributed by atoms with Crippen LogP contribution >= 0.6 is 15.9 Å². The summed E-state index contributed by atoms with van der Waals surface area (Å²) < 4.78 is 5.48. The molecule has 0 N–H and O–H groups in total. The molecule has 2 heteroatoms. The van der Waals surface area contributed by atoms with E-state index in [1.807, 2.05) is 6.08 Å². The third-order valence-corrected chi connectivity index (χ3v) is 3.68. The predicted octanol–water partition coefficient (Wildman–Crippen LogP) is 3.00. The van der Waals surface area contributed by atoms with Gasteiger partial charge in [0, 0.05) is 10.7 Å². The molecule has 0 heterocycles. The number of alkyl halides is 1. The molecule has 1 saturated carbocycles. The third kappa shape index (κ3) is 2.33. The molecule has 0 unspecified atom stereocenters. The molecule has 1 aliphatic rings. The van der Waals surface area contributed by atoms with E-state index in [0.717, 1.165) is 17.9 Å². The van der Waals surface area contributed by atoms with Crippen LogP contribution in [0.5, 0.6) is 0 Å². The van der Waals surface area contributed by atoms with Crippen LogP contribution in [0.3, 0.4) is 0 Å². The van der Waals surface area contributed by atoms with Gasteiger partial charge in [-0.15, -0.1) is 6.58 Å². The van der Waals surface area contributed by atoms with Gasteiger partial charge in [0.25, 0.3) is 0 Å². The Morgan fingerprint density at radius 1 is 1.67 bits per heavy atom. The average molecular weight is 233 g/mol. The Morgan fingerprint density at radius 2 is 2.33 bits per heavy atom. The van der Waals surface area contributed by atoms with E-state index in [4.69, 9.17) is 4.74 Å². The van der Waals surface area contributed by atoms with Crippen LogP contribution in [0.4, 0.5) is 0 Å². The van der Waals surface area contributed by atoms with Gasteiger partial charge in [-0.1, -0.05) is 28.9 Å². The summed E-state index contributed by atoms with van der Waals surface area (Å²) >= 11 is 3.56. The molecular weight excluding hydrogens is 216 g/mol. The molecule has 1 aliphatic carbocycles. The van der Waals surface area contributed by atoms with Gasteiger partial charge < -0.3 is 4.74 Å². The van der Waals surface area contributed by atoms with E-state index in [1.165, 1.54) is 12.8 Å². The van der Waals surface area contributed by atoms with Gasteiger partial charge in [-0.25, -0.2) is 0 Å². The number of hydrogen-bond donors (Lipinski definition) is 0. The van der Waals surface area contributed by atoms with Crippen molar-refractivity contribution in [2.75, 3.05) is 18.5 Å². The maximum Gasteiger partial charge on any atom is 0.0645 e. The zero-order chi connectivity index (χ0) is 9.03.